The molecule has 0 amide bonds. The number of halogens is 2. The summed E-state index contributed by atoms with van der Waals surface area (Å²) in [4.78, 5) is 0. The summed E-state index contributed by atoms with van der Waals surface area (Å²) in [5, 5.41) is 0. The number of rotatable bonds is 3. The predicted octanol–water partition coefficient (Wildman–Crippen LogP) is 1.92. The third-order valence-corrected chi connectivity index (χ3v) is 9.17. The van der Waals surface area contributed by atoms with Crippen molar-refractivity contribution in [2.24, 2.45) is 0 Å². The predicted molar refractivity (Wildman–Crippen MR) is 74.0 cm³/mol. The Balaban J connectivity index is 2.14. The molecular formula is C9H17Br2N2O3P. The van der Waals surface area contributed by atoms with Crippen LogP contribution in [0.5, 0.6) is 0 Å². The molecule has 17 heavy (non-hydrogen) atoms. The molecule has 0 bridgehead atoms. The highest BCUT2D eigenvalue weighted by molar-refractivity contribution is 9.26. The molecule has 0 aromatic carbocycles. The Kier molecular flexibility index (Phi) is 5.49. The van der Waals surface area contributed by atoms with Crippen LogP contribution in [0.4, 0.5) is 0 Å². The molecule has 8 heteroatoms. The maximum atomic E-state index is 13.3. The van der Waals surface area contributed by atoms with Gasteiger partial charge in [0.15, 0.2) is 0 Å². The van der Waals surface area contributed by atoms with Gasteiger partial charge < -0.3 is 9.47 Å². The normalized spacial score (nSPS) is 25.4. The zero-order valence-electron chi connectivity index (χ0n) is 9.56. The average molecular weight is 392 g/mol. The van der Waals surface area contributed by atoms with Gasteiger partial charge in [-0.25, -0.2) is 9.34 Å². The van der Waals surface area contributed by atoms with Crippen LogP contribution in [0.15, 0.2) is 0 Å². The quantitative estimate of drug-likeness (QED) is 0.543. The second-order valence-electron chi connectivity index (χ2n) is 4.00. The highest BCUT2D eigenvalue weighted by Gasteiger charge is 2.43. The molecule has 0 unspecified atom stereocenters. The molecule has 0 atom stereocenters. The number of ether oxygens (including phenoxy) is 2. The fourth-order valence-corrected chi connectivity index (χ4v) is 7.54. The molecule has 0 aromatic rings. The summed E-state index contributed by atoms with van der Waals surface area (Å²) < 4.78 is 27.8. The van der Waals surface area contributed by atoms with Crippen molar-refractivity contribution in [3.05, 3.63) is 0 Å². The zero-order valence-corrected chi connectivity index (χ0v) is 13.6. The lowest BCUT2D eigenvalue weighted by molar-refractivity contribution is 0.0528. The minimum Gasteiger partial charge on any atom is -0.379 e. The molecule has 2 saturated heterocycles. The fourth-order valence-electron chi connectivity index (χ4n) is 2.11. The first-order chi connectivity index (χ1) is 8.15. The molecule has 100 valence electrons. The average Bonchev–Trinajstić information content (AvgIpc) is 2.39. The summed E-state index contributed by atoms with van der Waals surface area (Å²) in [5.74, 6) is 0. The molecule has 5 nitrogen and oxygen atoms in total. The Morgan fingerprint density at radius 2 is 1.24 bits per heavy atom. The fraction of sp³-hybridized carbons (Fsp3) is 1.00. The van der Waals surface area contributed by atoms with Crippen LogP contribution in [-0.4, -0.2) is 65.4 Å². The Labute approximate surface area is 119 Å². The molecule has 2 aliphatic heterocycles. The van der Waals surface area contributed by atoms with E-state index in [1.165, 1.54) is 0 Å². The van der Waals surface area contributed by atoms with E-state index in [4.69, 9.17) is 9.47 Å². The Bertz CT molecular complexity index is 272. The van der Waals surface area contributed by atoms with Crippen molar-refractivity contribution >= 4 is 39.3 Å². The molecule has 2 rings (SSSR count). The minimum atomic E-state index is -2.60. The second kappa shape index (κ2) is 6.46. The first kappa shape index (κ1) is 14.4. The van der Waals surface area contributed by atoms with Crippen LogP contribution in [0.3, 0.4) is 0 Å². The summed E-state index contributed by atoms with van der Waals surface area (Å²) in [6.45, 7) is 5.51. The van der Waals surface area contributed by atoms with Crippen LogP contribution in [0, 0.1) is 0 Å². The lowest BCUT2D eigenvalue weighted by Gasteiger charge is -2.43. The van der Waals surface area contributed by atoms with Gasteiger partial charge in [0.2, 0.25) is 7.44 Å². The second-order valence-corrected chi connectivity index (χ2v) is 11.3. The number of nitrogens with zero attached hydrogens (tertiary/aromatic N) is 2. The van der Waals surface area contributed by atoms with E-state index in [1.54, 1.807) is 0 Å². The van der Waals surface area contributed by atoms with Gasteiger partial charge in [-0.05, 0) is 0 Å². The van der Waals surface area contributed by atoms with Crippen molar-refractivity contribution in [3.8, 4) is 0 Å². The van der Waals surface area contributed by atoms with Gasteiger partial charge in [0.25, 0.3) is 0 Å². The minimum absolute atomic E-state index is 0.210. The summed E-state index contributed by atoms with van der Waals surface area (Å²) in [6.07, 6.45) is 0. The van der Waals surface area contributed by atoms with E-state index < -0.39 is 7.44 Å². The van der Waals surface area contributed by atoms with Crippen molar-refractivity contribution in [3.63, 3.8) is 0 Å². The van der Waals surface area contributed by atoms with Crippen LogP contribution in [0.2, 0.25) is 0 Å². The van der Waals surface area contributed by atoms with Gasteiger partial charge in [0.1, 0.15) is 3.48 Å². The Morgan fingerprint density at radius 3 is 1.53 bits per heavy atom. The van der Waals surface area contributed by atoms with Crippen molar-refractivity contribution in [2.45, 2.75) is 3.48 Å². The first-order valence-electron chi connectivity index (χ1n) is 5.70. The van der Waals surface area contributed by atoms with Gasteiger partial charge >= 0.3 is 0 Å². The first-order valence-corrected chi connectivity index (χ1v) is 9.21. The number of hydrogen-bond donors (Lipinski definition) is 0. The molecule has 2 heterocycles. The van der Waals surface area contributed by atoms with Crippen LogP contribution in [0.1, 0.15) is 0 Å². The molecule has 0 spiro atoms. The zero-order chi connectivity index (χ0) is 12.3. The van der Waals surface area contributed by atoms with Gasteiger partial charge in [-0.1, -0.05) is 31.9 Å². The topological polar surface area (TPSA) is 42.0 Å². The Morgan fingerprint density at radius 1 is 0.882 bits per heavy atom. The van der Waals surface area contributed by atoms with Gasteiger partial charge in [0, 0.05) is 26.2 Å². The molecule has 0 aromatic heterocycles. The number of morpholine rings is 2. The van der Waals surface area contributed by atoms with E-state index >= 15 is 0 Å². The molecule has 0 radical (unpaired) electrons. The van der Waals surface area contributed by atoms with Gasteiger partial charge in [-0.2, -0.15) is 0 Å². The maximum absolute atomic E-state index is 13.3. The van der Waals surface area contributed by atoms with E-state index in [0.717, 1.165) is 26.2 Å². The van der Waals surface area contributed by atoms with E-state index in [1.807, 2.05) is 0 Å². The molecule has 0 aliphatic carbocycles. The number of alkyl halides is 2. The summed E-state index contributed by atoms with van der Waals surface area (Å²) in [7, 11) is -2.60. The van der Waals surface area contributed by atoms with Crippen LogP contribution < -0.4 is 0 Å². The van der Waals surface area contributed by atoms with Crippen LogP contribution >= 0.6 is 39.3 Å². The highest BCUT2D eigenvalue weighted by atomic mass is 79.9. The lowest BCUT2D eigenvalue weighted by atomic mass is 10.5. The van der Waals surface area contributed by atoms with E-state index in [-0.39, 0.29) is 3.48 Å². The van der Waals surface area contributed by atoms with Crippen molar-refractivity contribution in [2.75, 3.05) is 52.6 Å². The van der Waals surface area contributed by atoms with Crippen molar-refractivity contribution in [1.29, 1.82) is 0 Å². The monoisotopic (exact) mass is 390 g/mol. The smallest absolute Gasteiger partial charge is 0.240 e. The summed E-state index contributed by atoms with van der Waals surface area (Å²) >= 11 is 6.91. The van der Waals surface area contributed by atoms with Gasteiger partial charge in [-0.15, -0.1) is 0 Å². The molecule has 2 aliphatic rings. The molecule has 0 saturated carbocycles. The molecule has 0 N–H and O–H groups in total. The SMILES string of the molecule is O=P(C(Br)Br)(N1CCOCC1)N1CCOCC1. The molecule has 2 fully saturated rings. The van der Waals surface area contributed by atoms with E-state index in [0.29, 0.717) is 26.4 Å². The van der Waals surface area contributed by atoms with Crippen LogP contribution in [0.25, 0.3) is 0 Å². The van der Waals surface area contributed by atoms with Gasteiger partial charge in [-0.3, -0.25) is 4.57 Å². The van der Waals surface area contributed by atoms with E-state index in [9.17, 15) is 4.57 Å². The largest absolute Gasteiger partial charge is 0.379 e. The Hall–Kier alpha value is 1.03. The van der Waals surface area contributed by atoms with Crippen molar-refractivity contribution < 1.29 is 14.0 Å². The summed E-state index contributed by atoms with van der Waals surface area (Å²) in [6, 6.07) is 0. The lowest BCUT2D eigenvalue weighted by Crippen LogP contribution is -2.44. The van der Waals surface area contributed by atoms with Crippen molar-refractivity contribution in [1.82, 2.24) is 9.34 Å². The molecular weight excluding hydrogens is 375 g/mol. The number of hydrogen-bond acceptors (Lipinski definition) is 3. The maximum Gasteiger partial charge on any atom is 0.240 e. The summed E-state index contributed by atoms with van der Waals surface area (Å²) in [5.41, 5.74) is 0. The third-order valence-electron chi connectivity index (χ3n) is 3.04. The highest BCUT2D eigenvalue weighted by Crippen LogP contribution is 2.61. The third kappa shape index (κ3) is 3.14. The standard InChI is InChI=1S/C9H17Br2N2O3P/c10-9(11)17(14,12-1-5-15-6-2-12)13-3-7-16-8-4-13/h9H,1-8H2. The van der Waals surface area contributed by atoms with E-state index in [2.05, 4.69) is 41.2 Å². The van der Waals surface area contributed by atoms with Gasteiger partial charge in [0.05, 0.1) is 26.4 Å². The van der Waals surface area contributed by atoms with Crippen LogP contribution in [-0.2, 0) is 14.0 Å².